The quantitative estimate of drug-likeness (QED) is 0.134. The number of rotatable bonds is 10. The molecule has 1 aliphatic rings. The fraction of sp³-hybridized carbons (Fsp3) is 0.565. The van der Waals surface area contributed by atoms with E-state index in [1.807, 2.05) is 6.08 Å². The van der Waals surface area contributed by atoms with Crippen molar-refractivity contribution in [1.82, 2.24) is 0 Å². The van der Waals surface area contributed by atoms with Gasteiger partial charge in [0, 0.05) is 12.5 Å². The van der Waals surface area contributed by atoms with Crippen molar-refractivity contribution < 1.29 is 33.4 Å². The van der Waals surface area contributed by atoms with Gasteiger partial charge in [0.05, 0.1) is 20.3 Å². The number of hydrogen-bond acceptors (Lipinski definition) is 7. The number of hydrogen-bond donors (Lipinski definition) is 0. The van der Waals surface area contributed by atoms with E-state index in [4.69, 9.17) is 9.47 Å². The van der Waals surface area contributed by atoms with Crippen molar-refractivity contribution in [3.05, 3.63) is 23.8 Å². The van der Waals surface area contributed by atoms with Crippen molar-refractivity contribution in [1.29, 1.82) is 0 Å². The van der Waals surface area contributed by atoms with Gasteiger partial charge in [-0.3, -0.25) is 14.4 Å². The minimum absolute atomic E-state index is 0.0581. The van der Waals surface area contributed by atoms with Crippen molar-refractivity contribution >= 4 is 23.7 Å². The Morgan fingerprint density at radius 1 is 1.10 bits per heavy atom. The molecule has 30 heavy (non-hydrogen) atoms. The minimum Gasteiger partial charge on any atom is -0.466 e. The molecule has 0 atom stereocenters. The molecule has 1 aliphatic carbocycles. The molecule has 0 aliphatic heterocycles. The highest BCUT2D eigenvalue weighted by molar-refractivity contribution is 6.02. The summed E-state index contributed by atoms with van der Waals surface area (Å²) < 4.78 is 14.7. The Morgan fingerprint density at radius 3 is 2.30 bits per heavy atom. The molecule has 0 amide bonds. The van der Waals surface area contributed by atoms with Gasteiger partial charge in [0.25, 0.3) is 0 Å². The molecule has 0 spiro atoms. The van der Waals surface area contributed by atoms with E-state index in [2.05, 4.69) is 16.6 Å². The molecule has 0 N–H and O–H groups in total. The standard InChI is InChI=1S/C23H30O7/c1-4-29-21(26)23(22(27)30-5-2,16-9-12-20(25)28-3)17-15-19(24)14-13-18-10-7-6-8-11-18/h9-10,12H,4-8,11,15-17H2,1-3H3/b12-9+. The van der Waals surface area contributed by atoms with Gasteiger partial charge in [-0.1, -0.05) is 18.1 Å². The summed E-state index contributed by atoms with van der Waals surface area (Å²) in [6.07, 6.45) is 8.07. The van der Waals surface area contributed by atoms with Gasteiger partial charge in [-0.2, -0.15) is 0 Å². The molecular weight excluding hydrogens is 388 g/mol. The number of esters is 3. The second kappa shape index (κ2) is 13.4. The number of carbonyl (C=O) groups excluding carboxylic acids is 4. The van der Waals surface area contributed by atoms with Crippen LogP contribution in [-0.2, 0) is 33.4 Å². The van der Waals surface area contributed by atoms with Crippen LogP contribution in [0.15, 0.2) is 23.8 Å². The molecule has 7 nitrogen and oxygen atoms in total. The first-order valence-corrected chi connectivity index (χ1v) is 10.2. The lowest BCUT2D eigenvalue weighted by molar-refractivity contribution is -0.172. The molecule has 0 aromatic rings. The van der Waals surface area contributed by atoms with Gasteiger partial charge in [0.2, 0.25) is 5.78 Å². The number of methoxy groups -OCH3 is 1. The highest BCUT2D eigenvalue weighted by Gasteiger charge is 2.48. The summed E-state index contributed by atoms with van der Waals surface area (Å²) in [4.78, 5) is 49.1. The van der Waals surface area contributed by atoms with Crippen LogP contribution in [0.1, 0.15) is 58.8 Å². The molecule has 0 bridgehead atoms. The third-order valence-corrected chi connectivity index (χ3v) is 4.69. The number of allylic oxidation sites excluding steroid dienone is 3. The van der Waals surface area contributed by atoms with Crippen LogP contribution in [0.5, 0.6) is 0 Å². The van der Waals surface area contributed by atoms with E-state index in [9.17, 15) is 19.2 Å². The molecule has 164 valence electrons. The molecule has 0 aromatic carbocycles. The monoisotopic (exact) mass is 418 g/mol. The molecular formula is C23H30O7. The van der Waals surface area contributed by atoms with Crippen molar-refractivity contribution in [2.75, 3.05) is 20.3 Å². The van der Waals surface area contributed by atoms with E-state index >= 15 is 0 Å². The van der Waals surface area contributed by atoms with Crippen molar-refractivity contribution in [3.8, 4) is 11.8 Å². The van der Waals surface area contributed by atoms with Gasteiger partial charge >= 0.3 is 17.9 Å². The van der Waals surface area contributed by atoms with Gasteiger partial charge in [-0.25, -0.2) is 4.79 Å². The van der Waals surface area contributed by atoms with E-state index in [1.165, 1.54) is 13.2 Å². The summed E-state index contributed by atoms with van der Waals surface area (Å²) in [6.45, 7) is 3.35. The second-order valence-corrected chi connectivity index (χ2v) is 6.80. The van der Waals surface area contributed by atoms with Crippen LogP contribution < -0.4 is 0 Å². The molecule has 0 radical (unpaired) electrons. The van der Waals surface area contributed by atoms with Gasteiger partial charge in [0.1, 0.15) is 0 Å². The first-order chi connectivity index (χ1) is 14.4. The van der Waals surface area contributed by atoms with Crippen LogP contribution in [0, 0.1) is 17.3 Å². The van der Waals surface area contributed by atoms with Crippen LogP contribution in [0.4, 0.5) is 0 Å². The zero-order chi connectivity index (χ0) is 22.4. The average Bonchev–Trinajstić information content (AvgIpc) is 2.75. The summed E-state index contributed by atoms with van der Waals surface area (Å²) in [5.41, 5.74) is -0.796. The minimum atomic E-state index is -1.74. The molecule has 0 heterocycles. The maximum absolute atomic E-state index is 12.7. The van der Waals surface area contributed by atoms with E-state index in [1.54, 1.807) is 13.8 Å². The second-order valence-electron chi connectivity index (χ2n) is 6.80. The van der Waals surface area contributed by atoms with Crippen LogP contribution >= 0.6 is 0 Å². The molecule has 0 saturated heterocycles. The fourth-order valence-corrected chi connectivity index (χ4v) is 3.01. The molecule has 1 rings (SSSR count). The Hall–Kier alpha value is -2.88. The molecule has 0 saturated carbocycles. The number of ketones is 1. The highest BCUT2D eigenvalue weighted by atomic mass is 16.6. The summed E-state index contributed by atoms with van der Waals surface area (Å²) in [6, 6.07) is 0. The first-order valence-electron chi connectivity index (χ1n) is 10.2. The average molecular weight is 418 g/mol. The molecule has 0 aromatic heterocycles. The van der Waals surface area contributed by atoms with Crippen LogP contribution in [0.25, 0.3) is 0 Å². The van der Waals surface area contributed by atoms with E-state index in [0.29, 0.717) is 0 Å². The highest BCUT2D eigenvalue weighted by Crippen LogP contribution is 2.33. The summed E-state index contributed by atoms with van der Waals surface area (Å²) in [5.74, 6) is 2.88. The van der Waals surface area contributed by atoms with Crippen molar-refractivity contribution in [2.45, 2.75) is 58.8 Å². The largest absolute Gasteiger partial charge is 0.466 e. The van der Waals surface area contributed by atoms with Gasteiger partial charge < -0.3 is 14.2 Å². The van der Waals surface area contributed by atoms with Crippen LogP contribution in [0.2, 0.25) is 0 Å². The topological polar surface area (TPSA) is 96.0 Å². The Balaban J connectivity index is 3.05. The van der Waals surface area contributed by atoms with Gasteiger partial charge in [0.15, 0.2) is 5.41 Å². The Morgan fingerprint density at radius 2 is 1.77 bits per heavy atom. The van der Waals surface area contributed by atoms with Gasteiger partial charge in [-0.15, -0.1) is 0 Å². The normalized spacial score (nSPS) is 13.6. The first kappa shape index (κ1) is 25.2. The summed E-state index contributed by atoms with van der Waals surface area (Å²) in [5, 5.41) is 0. The van der Waals surface area contributed by atoms with E-state index in [0.717, 1.165) is 37.3 Å². The van der Waals surface area contributed by atoms with Crippen molar-refractivity contribution in [2.24, 2.45) is 5.41 Å². The van der Waals surface area contributed by atoms with Crippen molar-refractivity contribution in [3.63, 3.8) is 0 Å². The Kier molecular flexibility index (Phi) is 11.2. The lowest BCUT2D eigenvalue weighted by atomic mass is 9.79. The smallest absolute Gasteiger partial charge is 0.330 e. The zero-order valence-corrected chi connectivity index (χ0v) is 18.0. The zero-order valence-electron chi connectivity index (χ0n) is 18.0. The fourth-order valence-electron chi connectivity index (χ4n) is 3.01. The number of ether oxygens (including phenoxy) is 3. The third-order valence-electron chi connectivity index (χ3n) is 4.69. The molecule has 0 fully saturated rings. The Bertz CT molecular complexity index is 731. The van der Waals surface area contributed by atoms with E-state index in [-0.39, 0.29) is 38.3 Å². The lowest BCUT2D eigenvalue weighted by Crippen LogP contribution is -2.42. The predicted molar refractivity (Wildman–Crippen MR) is 110 cm³/mol. The number of Topliss-reactive ketones (excluding diaryl/α,β-unsaturated/α-hetero) is 1. The maximum Gasteiger partial charge on any atom is 0.330 e. The van der Waals surface area contributed by atoms with Crippen LogP contribution in [0.3, 0.4) is 0 Å². The predicted octanol–water partition coefficient (Wildman–Crippen LogP) is 3.07. The van der Waals surface area contributed by atoms with Crippen LogP contribution in [-0.4, -0.2) is 44.0 Å². The maximum atomic E-state index is 12.7. The van der Waals surface area contributed by atoms with E-state index < -0.39 is 23.3 Å². The summed E-state index contributed by atoms with van der Waals surface area (Å²) >= 11 is 0. The SMILES string of the molecule is CCOC(=O)C(C/C=C/C(=O)OC)(CCC(=O)C#CC1=CCCCC1)C(=O)OCC. The molecule has 0 unspecified atom stereocenters. The lowest BCUT2D eigenvalue weighted by Gasteiger charge is -2.27. The Labute approximate surface area is 177 Å². The molecule has 7 heteroatoms. The van der Waals surface area contributed by atoms with Gasteiger partial charge in [-0.05, 0) is 63.9 Å². The summed E-state index contributed by atoms with van der Waals surface area (Å²) in [7, 11) is 1.22. The number of carbonyl (C=O) groups is 4. The third kappa shape index (κ3) is 7.86.